The fourth-order valence-corrected chi connectivity index (χ4v) is 5.30. The molecular formula is C22H25N5O4. The Balaban J connectivity index is 1.27. The van der Waals surface area contributed by atoms with E-state index in [1.54, 1.807) is 11.1 Å². The number of fused-ring (bicyclic) bond motifs is 1. The molecule has 31 heavy (non-hydrogen) atoms. The Kier molecular flexibility index (Phi) is 4.75. The Hall–Kier alpha value is -3.23. The predicted molar refractivity (Wildman–Crippen MR) is 112 cm³/mol. The highest BCUT2D eigenvalue weighted by Gasteiger charge is 2.48. The van der Waals surface area contributed by atoms with Gasteiger partial charge in [0, 0.05) is 11.6 Å². The van der Waals surface area contributed by atoms with Crippen molar-refractivity contribution < 1.29 is 19.4 Å². The molecule has 1 aliphatic heterocycles. The van der Waals surface area contributed by atoms with Crippen molar-refractivity contribution >= 4 is 23.4 Å². The number of hydrogen-bond donors (Lipinski definition) is 2. The molecule has 0 radical (unpaired) electrons. The molecule has 2 aromatic heterocycles. The van der Waals surface area contributed by atoms with E-state index in [9.17, 15) is 9.59 Å². The zero-order chi connectivity index (χ0) is 21.6. The molecule has 0 unspecified atom stereocenters. The number of amides is 1. The average molecular weight is 423 g/mol. The van der Waals surface area contributed by atoms with E-state index in [-0.39, 0.29) is 34.5 Å². The van der Waals surface area contributed by atoms with Gasteiger partial charge in [0.15, 0.2) is 0 Å². The molecule has 2 aliphatic carbocycles. The van der Waals surface area contributed by atoms with Gasteiger partial charge in [-0.1, -0.05) is 0 Å². The quantitative estimate of drug-likeness (QED) is 0.770. The van der Waals surface area contributed by atoms with Crippen molar-refractivity contribution in [1.82, 2.24) is 15.0 Å². The van der Waals surface area contributed by atoms with Crippen molar-refractivity contribution in [2.45, 2.75) is 44.4 Å². The summed E-state index contributed by atoms with van der Waals surface area (Å²) in [6.45, 7) is 0.672. The largest absolute Gasteiger partial charge is 0.481 e. The van der Waals surface area contributed by atoms with Crippen LogP contribution >= 0.6 is 0 Å². The van der Waals surface area contributed by atoms with Gasteiger partial charge in [-0.25, -0.2) is 9.97 Å². The van der Waals surface area contributed by atoms with E-state index in [1.807, 2.05) is 12.1 Å². The second kappa shape index (κ2) is 7.47. The highest BCUT2D eigenvalue weighted by molar-refractivity contribution is 6.10. The monoisotopic (exact) mass is 423 g/mol. The molecule has 1 spiro atoms. The molecule has 9 nitrogen and oxygen atoms in total. The number of anilines is 2. The van der Waals surface area contributed by atoms with Crippen molar-refractivity contribution in [1.29, 1.82) is 0 Å². The number of hydrogen-bond acceptors (Lipinski definition) is 7. The van der Waals surface area contributed by atoms with E-state index in [0.717, 1.165) is 44.2 Å². The number of aliphatic carboxylic acids is 1. The van der Waals surface area contributed by atoms with Gasteiger partial charge >= 0.3 is 5.97 Å². The summed E-state index contributed by atoms with van der Waals surface area (Å²) in [5.74, 6) is -0.428. The zero-order valence-electron chi connectivity index (χ0n) is 17.2. The third-order valence-electron chi connectivity index (χ3n) is 7.11. The number of rotatable bonds is 3. The summed E-state index contributed by atoms with van der Waals surface area (Å²) in [6.07, 6.45) is 8.81. The lowest BCUT2D eigenvalue weighted by Gasteiger charge is -2.50. The molecular weight excluding hydrogens is 398 g/mol. The third kappa shape index (κ3) is 3.47. The highest BCUT2D eigenvalue weighted by atomic mass is 16.5. The molecule has 3 N–H and O–H groups in total. The second-order valence-corrected chi connectivity index (χ2v) is 8.90. The van der Waals surface area contributed by atoms with Crippen LogP contribution < -0.4 is 15.4 Å². The summed E-state index contributed by atoms with van der Waals surface area (Å²) >= 11 is 0. The van der Waals surface area contributed by atoms with Gasteiger partial charge < -0.3 is 20.5 Å². The van der Waals surface area contributed by atoms with Crippen LogP contribution in [0, 0.1) is 11.3 Å². The van der Waals surface area contributed by atoms with Crippen LogP contribution in [0.1, 0.15) is 60.5 Å². The third-order valence-corrected chi connectivity index (χ3v) is 7.11. The van der Waals surface area contributed by atoms with Crippen LogP contribution in [0.25, 0.3) is 0 Å². The predicted octanol–water partition coefficient (Wildman–Crippen LogP) is 2.63. The molecule has 2 saturated carbocycles. The number of carbonyl (C=O) groups excluding carboxylic acids is 1. The van der Waals surface area contributed by atoms with E-state index in [0.29, 0.717) is 24.8 Å². The molecule has 5 rings (SSSR count). The van der Waals surface area contributed by atoms with Crippen molar-refractivity contribution in [2.24, 2.45) is 11.3 Å². The van der Waals surface area contributed by atoms with E-state index < -0.39 is 5.97 Å². The maximum absolute atomic E-state index is 13.0. The molecule has 0 saturated heterocycles. The van der Waals surface area contributed by atoms with E-state index in [4.69, 9.17) is 15.6 Å². The van der Waals surface area contributed by atoms with Crippen molar-refractivity contribution in [3.05, 3.63) is 35.9 Å². The first-order valence-electron chi connectivity index (χ1n) is 10.7. The first-order valence-corrected chi connectivity index (χ1v) is 10.7. The van der Waals surface area contributed by atoms with Crippen molar-refractivity contribution in [2.75, 3.05) is 23.8 Å². The lowest BCUT2D eigenvalue weighted by atomic mass is 9.54. The Morgan fingerprint density at radius 2 is 1.97 bits per heavy atom. The Morgan fingerprint density at radius 3 is 2.65 bits per heavy atom. The Morgan fingerprint density at radius 1 is 1.19 bits per heavy atom. The lowest BCUT2D eigenvalue weighted by Crippen LogP contribution is -2.43. The van der Waals surface area contributed by atoms with Crippen LogP contribution in [-0.2, 0) is 4.79 Å². The molecule has 0 atom stereocenters. The number of nitrogen functional groups attached to an aromatic ring is 1. The first-order chi connectivity index (χ1) is 15.0. The van der Waals surface area contributed by atoms with Gasteiger partial charge in [0.1, 0.15) is 24.3 Å². The molecule has 3 aliphatic rings. The number of pyridine rings is 1. The van der Waals surface area contributed by atoms with Crippen LogP contribution in [0.5, 0.6) is 5.88 Å². The molecule has 2 fully saturated rings. The van der Waals surface area contributed by atoms with Gasteiger partial charge in [-0.15, -0.1) is 0 Å². The number of carbonyl (C=O) groups is 2. The SMILES string of the molecule is Nc1ncnc2c1C(=O)N(c1ccc(C3CCC4(CC3)CC(C(=O)O)C4)nc1)CCO2. The van der Waals surface area contributed by atoms with Gasteiger partial charge in [0.25, 0.3) is 5.91 Å². The van der Waals surface area contributed by atoms with Gasteiger partial charge in [0.05, 0.1) is 24.3 Å². The fraction of sp³-hybridized carbons (Fsp3) is 0.500. The number of ether oxygens (including phenoxy) is 1. The number of aromatic nitrogens is 3. The summed E-state index contributed by atoms with van der Waals surface area (Å²) in [5, 5.41) is 9.16. The Labute approximate surface area is 179 Å². The van der Waals surface area contributed by atoms with Crippen LogP contribution in [0.2, 0.25) is 0 Å². The van der Waals surface area contributed by atoms with E-state index >= 15 is 0 Å². The molecule has 1 amide bonds. The molecule has 2 aromatic rings. The topological polar surface area (TPSA) is 132 Å². The molecule has 0 aromatic carbocycles. The zero-order valence-corrected chi connectivity index (χ0v) is 17.2. The smallest absolute Gasteiger partial charge is 0.306 e. The number of nitrogens with two attached hydrogens (primary N) is 1. The number of carboxylic acids is 1. The van der Waals surface area contributed by atoms with Crippen LogP contribution in [-0.4, -0.2) is 45.1 Å². The summed E-state index contributed by atoms with van der Waals surface area (Å²) in [7, 11) is 0. The van der Waals surface area contributed by atoms with Gasteiger partial charge in [0.2, 0.25) is 5.88 Å². The summed E-state index contributed by atoms with van der Waals surface area (Å²) in [5.41, 5.74) is 8.02. The molecule has 9 heteroatoms. The maximum Gasteiger partial charge on any atom is 0.306 e. The minimum Gasteiger partial charge on any atom is -0.481 e. The van der Waals surface area contributed by atoms with Gasteiger partial charge in [-0.3, -0.25) is 14.6 Å². The molecule has 3 heterocycles. The summed E-state index contributed by atoms with van der Waals surface area (Å²) in [6, 6.07) is 3.91. The highest BCUT2D eigenvalue weighted by Crippen LogP contribution is 2.57. The normalized spacial score (nSPS) is 27.7. The van der Waals surface area contributed by atoms with Gasteiger partial charge in [-0.2, -0.15) is 0 Å². The molecule has 162 valence electrons. The van der Waals surface area contributed by atoms with Crippen LogP contribution in [0.15, 0.2) is 24.7 Å². The average Bonchev–Trinajstić information content (AvgIpc) is 2.92. The van der Waals surface area contributed by atoms with Gasteiger partial charge in [-0.05, 0) is 56.1 Å². The number of nitrogens with zero attached hydrogens (tertiary/aromatic N) is 4. The minimum atomic E-state index is -0.658. The second-order valence-electron chi connectivity index (χ2n) is 8.90. The minimum absolute atomic E-state index is 0.101. The first kappa shape index (κ1) is 19.7. The lowest BCUT2D eigenvalue weighted by molar-refractivity contribution is -0.151. The standard InChI is InChI=1S/C22H25N5O4/c23-18-17-19(26-12-25-18)31-8-7-27(20(17)28)15-1-2-16(24-11-15)13-3-5-22(6-4-13)9-14(10-22)21(29)30/h1-2,11-14H,3-10H2,(H,29,30)(H2,23,25,26). The van der Waals surface area contributed by atoms with E-state index in [1.165, 1.54) is 6.33 Å². The Bertz CT molecular complexity index is 1010. The maximum atomic E-state index is 13.0. The summed E-state index contributed by atoms with van der Waals surface area (Å²) in [4.78, 5) is 38.4. The van der Waals surface area contributed by atoms with E-state index in [2.05, 4.69) is 15.0 Å². The number of carboxylic acid groups (broad SMARTS) is 1. The van der Waals surface area contributed by atoms with Crippen LogP contribution in [0.4, 0.5) is 11.5 Å². The van der Waals surface area contributed by atoms with Crippen molar-refractivity contribution in [3.8, 4) is 5.88 Å². The van der Waals surface area contributed by atoms with Crippen LogP contribution in [0.3, 0.4) is 0 Å². The van der Waals surface area contributed by atoms with Crippen molar-refractivity contribution in [3.63, 3.8) is 0 Å². The summed E-state index contributed by atoms with van der Waals surface area (Å²) < 4.78 is 5.58. The molecule has 0 bridgehead atoms. The fourth-order valence-electron chi connectivity index (χ4n) is 5.30.